The first kappa shape index (κ1) is 23.7. The number of benzene rings is 2. The summed E-state index contributed by atoms with van der Waals surface area (Å²) in [6.07, 6.45) is 6.01. The molecule has 1 aliphatic carbocycles. The number of rotatable bonds is 7. The minimum absolute atomic E-state index is 0.0909. The third kappa shape index (κ3) is 5.09. The van der Waals surface area contributed by atoms with E-state index in [0.29, 0.717) is 22.9 Å². The van der Waals surface area contributed by atoms with Crippen molar-refractivity contribution in [3.05, 3.63) is 77.5 Å². The van der Waals surface area contributed by atoms with Gasteiger partial charge in [-0.1, -0.05) is 41.9 Å². The van der Waals surface area contributed by atoms with Crippen molar-refractivity contribution < 1.29 is 9.18 Å². The van der Waals surface area contributed by atoms with E-state index in [1.165, 1.54) is 24.0 Å². The number of halogens is 2. The predicted molar refractivity (Wildman–Crippen MR) is 141 cm³/mol. The van der Waals surface area contributed by atoms with E-state index in [2.05, 4.69) is 47.8 Å². The Balaban J connectivity index is 1.26. The van der Waals surface area contributed by atoms with Gasteiger partial charge in [0.2, 0.25) is 5.91 Å². The molecule has 37 heavy (non-hydrogen) atoms. The Kier molecular flexibility index (Phi) is 6.38. The minimum Gasteiger partial charge on any atom is -0.373 e. The number of amides is 1. The van der Waals surface area contributed by atoms with Crippen LogP contribution >= 0.6 is 11.6 Å². The normalized spacial score (nSPS) is 20.5. The number of nitrogens with one attached hydrogen (secondary N) is 3. The number of nitrogens with zero attached hydrogens (tertiary/aromatic N) is 4. The predicted octanol–water partition coefficient (Wildman–Crippen LogP) is 4.51. The highest BCUT2D eigenvalue weighted by atomic mass is 35.5. The Hall–Kier alpha value is -3.72. The van der Waals surface area contributed by atoms with Gasteiger partial charge in [-0.15, -0.1) is 0 Å². The van der Waals surface area contributed by atoms with E-state index in [0.717, 1.165) is 37.0 Å². The van der Waals surface area contributed by atoms with Crippen molar-refractivity contribution in [3.8, 4) is 0 Å². The Labute approximate surface area is 218 Å². The van der Waals surface area contributed by atoms with Crippen LogP contribution in [0.1, 0.15) is 30.7 Å². The van der Waals surface area contributed by atoms with Crippen molar-refractivity contribution in [1.82, 2.24) is 25.5 Å². The Morgan fingerprint density at radius 3 is 2.76 bits per heavy atom. The van der Waals surface area contributed by atoms with Crippen molar-refractivity contribution >= 4 is 40.0 Å². The Morgan fingerprint density at radius 1 is 1.14 bits per heavy atom. The summed E-state index contributed by atoms with van der Waals surface area (Å²) in [4.78, 5) is 24.7. The highest BCUT2D eigenvalue weighted by Gasteiger charge is 2.39. The second-order valence-electron chi connectivity index (χ2n) is 9.81. The second-order valence-corrected chi connectivity index (χ2v) is 10.3. The van der Waals surface area contributed by atoms with Gasteiger partial charge < -0.3 is 15.5 Å². The van der Waals surface area contributed by atoms with Crippen LogP contribution in [0.15, 0.2) is 61.1 Å². The van der Waals surface area contributed by atoms with Crippen LogP contribution in [0.5, 0.6) is 0 Å². The van der Waals surface area contributed by atoms with Crippen LogP contribution in [0.2, 0.25) is 5.02 Å². The molecule has 2 unspecified atom stereocenters. The van der Waals surface area contributed by atoms with Gasteiger partial charge in [0.1, 0.15) is 24.0 Å². The van der Waals surface area contributed by atoms with E-state index in [1.54, 1.807) is 12.3 Å². The largest absolute Gasteiger partial charge is 0.373 e. The summed E-state index contributed by atoms with van der Waals surface area (Å²) in [6.45, 7) is 1.38. The third-order valence-electron chi connectivity index (χ3n) is 7.26. The molecule has 4 aromatic rings. The van der Waals surface area contributed by atoms with Crippen LogP contribution in [-0.2, 0) is 4.79 Å². The fraction of sp³-hybridized carbons (Fsp3) is 0.333. The van der Waals surface area contributed by atoms with Crippen LogP contribution in [0.25, 0.3) is 11.0 Å². The average Bonchev–Trinajstić information content (AvgIpc) is 3.62. The molecule has 6 rings (SSSR count). The number of aromatic nitrogens is 4. The summed E-state index contributed by atoms with van der Waals surface area (Å²) < 4.78 is 14.0. The molecule has 1 saturated heterocycles. The van der Waals surface area contributed by atoms with Crippen molar-refractivity contribution in [1.29, 1.82) is 0 Å². The molecular formula is C27H27ClFN7O. The number of aromatic amines is 1. The maximum Gasteiger partial charge on any atom is 0.243 e. The van der Waals surface area contributed by atoms with Crippen molar-refractivity contribution in [3.63, 3.8) is 0 Å². The van der Waals surface area contributed by atoms with Crippen molar-refractivity contribution in [2.24, 2.45) is 5.92 Å². The molecule has 8 nitrogen and oxygen atoms in total. The summed E-state index contributed by atoms with van der Waals surface area (Å²) in [6, 6.07) is 13.9. The molecule has 2 fully saturated rings. The fourth-order valence-corrected chi connectivity index (χ4v) is 5.53. The molecule has 2 aromatic carbocycles. The first-order chi connectivity index (χ1) is 18.0. The number of H-pyrrole nitrogens is 1. The molecule has 2 aliphatic rings. The van der Waals surface area contributed by atoms with Gasteiger partial charge in [0.25, 0.3) is 0 Å². The molecule has 1 amide bonds. The van der Waals surface area contributed by atoms with Crippen molar-refractivity contribution in [2.45, 2.75) is 37.3 Å². The summed E-state index contributed by atoms with van der Waals surface area (Å²) in [5, 5.41) is 14.8. The maximum atomic E-state index is 14.0. The number of anilines is 2. The lowest BCUT2D eigenvalue weighted by Crippen LogP contribution is -2.55. The van der Waals surface area contributed by atoms with Gasteiger partial charge >= 0.3 is 0 Å². The summed E-state index contributed by atoms with van der Waals surface area (Å²) >= 11 is 6.06. The zero-order valence-corrected chi connectivity index (χ0v) is 20.8. The third-order valence-corrected chi connectivity index (χ3v) is 7.47. The highest BCUT2D eigenvalue weighted by molar-refractivity contribution is 6.30. The van der Waals surface area contributed by atoms with Crippen LogP contribution in [0.3, 0.4) is 0 Å². The molecule has 0 radical (unpaired) electrons. The van der Waals surface area contributed by atoms with E-state index in [4.69, 9.17) is 11.6 Å². The topological polar surface area (TPSA) is 98.8 Å². The van der Waals surface area contributed by atoms with Crippen molar-refractivity contribution in [2.75, 3.05) is 23.3 Å². The van der Waals surface area contributed by atoms with E-state index in [9.17, 15) is 9.18 Å². The van der Waals surface area contributed by atoms with Crippen LogP contribution in [0, 0.1) is 11.7 Å². The molecule has 3 N–H and O–H groups in total. The van der Waals surface area contributed by atoms with Crippen LogP contribution in [0.4, 0.5) is 15.9 Å². The van der Waals surface area contributed by atoms with Gasteiger partial charge in [-0.25, -0.2) is 14.4 Å². The molecule has 3 heterocycles. The SMILES string of the molecule is O=C(NC1CN(c2ncnc3[nH]ncc23)CCC1c1ccccc1)[C@H](Nc1cc(F)cc(Cl)c1)C1CC1. The molecule has 0 bridgehead atoms. The smallest absolute Gasteiger partial charge is 0.243 e. The van der Waals surface area contributed by atoms with Gasteiger partial charge in [0.15, 0.2) is 5.65 Å². The number of piperidine rings is 1. The minimum atomic E-state index is -0.468. The Morgan fingerprint density at radius 2 is 1.97 bits per heavy atom. The number of fused-ring (bicyclic) bond motifs is 1. The molecular weight excluding hydrogens is 493 g/mol. The average molecular weight is 520 g/mol. The van der Waals surface area contributed by atoms with Gasteiger partial charge in [0.05, 0.1) is 17.6 Å². The molecule has 10 heteroatoms. The summed E-state index contributed by atoms with van der Waals surface area (Å²) in [5.74, 6) is 0.617. The lowest BCUT2D eigenvalue weighted by Gasteiger charge is -2.40. The lowest BCUT2D eigenvalue weighted by molar-refractivity contribution is -0.123. The second kappa shape index (κ2) is 9.97. The molecule has 1 aliphatic heterocycles. The van der Waals surface area contributed by atoms with E-state index >= 15 is 0 Å². The van der Waals surface area contributed by atoms with E-state index < -0.39 is 11.9 Å². The van der Waals surface area contributed by atoms with Crippen LogP contribution < -0.4 is 15.5 Å². The highest BCUT2D eigenvalue weighted by Crippen LogP contribution is 2.36. The van der Waals surface area contributed by atoms with E-state index in [-0.39, 0.29) is 23.8 Å². The monoisotopic (exact) mass is 519 g/mol. The molecule has 1 saturated carbocycles. The molecule has 190 valence electrons. The quantitative estimate of drug-likeness (QED) is 0.332. The van der Waals surface area contributed by atoms with Gasteiger partial charge in [-0.2, -0.15) is 5.10 Å². The zero-order valence-electron chi connectivity index (χ0n) is 20.1. The fourth-order valence-electron chi connectivity index (χ4n) is 5.31. The van der Waals surface area contributed by atoms with Gasteiger partial charge in [0, 0.05) is 29.7 Å². The first-order valence-corrected chi connectivity index (χ1v) is 12.9. The number of carbonyl (C=O) groups is 1. The number of hydrogen-bond acceptors (Lipinski definition) is 6. The Bertz CT molecular complexity index is 1390. The van der Waals surface area contributed by atoms with E-state index in [1.807, 2.05) is 18.2 Å². The summed E-state index contributed by atoms with van der Waals surface area (Å²) in [7, 11) is 0. The maximum absolute atomic E-state index is 14.0. The van der Waals surface area contributed by atoms with Gasteiger partial charge in [-0.3, -0.25) is 9.89 Å². The molecule has 3 atom stereocenters. The first-order valence-electron chi connectivity index (χ1n) is 12.5. The molecule has 2 aromatic heterocycles. The standard InChI is InChI=1S/C27H27ClFN7O/c28-18-10-19(29)12-20(11-18)33-24(17-6-7-17)27(37)34-23-14-36(9-8-21(23)16-4-2-1-3-5-16)26-22-13-32-35-25(22)30-15-31-26/h1-5,10-13,15,17,21,23-24,33H,6-9,14H2,(H,34,37)(H,30,31,32,35)/t21?,23?,24-/m1/s1. The number of hydrogen-bond donors (Lipinski definition) is 3. The van der Waals surface area contributed by atoms with Gasteiger partial charge in [-0.05, 0) is 48.9 Å². The number of carbonyl (C=O) groups excluding carboxylic acids is 1. The zero-order chi connectivity index (χ0) is 25.4. The summed E-state index contributed by atoms with van der Waals surface area (Å²) in [5.41, 5.74) is 2.38. The lowest BCUT2D eigenvalue weighted by atomic mass is 9.85. The van der Waals surface area contributed by atoms with Crippen LogP contribution in [-0.4, -0.2) is 51.2 Å². The molecule has 0 spiro atoms.